The van der Waals surface area contributed by atoms with Gasteiger partial charge >= 0.3 is 0 Å². The Hall–Kier alpha value is 0.924. The molecule has 1 unspecified atom stereocenters. The predicted molar refractivity (Wildman–Crippen MR) is 38.6 cm³/mol. The monoisotopic (exact) mass is 155 g/mol. The third-order valence-corrected chi connectivity index (χ3v) is 6.61. The van der Waals surface area contributed by atoms with Gasteiger partial charge in [-0.25, -0.2) is 0 Å². The van der Waals surface area contributed by atoms with E-state index in [4.69, 9.17) is 4.12 Å². The molecule has 6 heavy (non-hydrogen) atoms. The van der Waals surface area contributed by atoms with Gasteiger partial charge in [-0.3, -0.25) is 4.52 Å². The fourth-order valence-electron chi connectivity index (χ4n) is 0.0968. The summed E-state index contributed by atoms with van der Waals surface area (Å²) < 4.78 is 8.67. The van der Waals surface area contributed by atoms with Crippen molar-refractivity contribution in [1.29, 1.82) is 0 Å². The van der Waals surface area contributed by atoms with Gasteiger partial charge < -0.3 is 4.12 Å². The molecule has 0 spiro atoms. The first-order valence-corrected chi connectivity index (χ1v) is 6.61. The van der Waals surface area contributed by atoms with E-state index in [2.05, 4.69) is 13.5 Å². The summed E-state index contributed by atoms with van der Waals surface area (Å²) in [5.74, 6) is 0. The first kappa shape index (κ1) is 6.92. The van der Waals surface area contributed by atoms with E-state index < -0.39 is 0 Å². The van der Waals surface area contributed by atoms with Crippen molar-refractivity contribution < 1.29 is 4.12 Å². The van der Waals surface area contributed by atoms with E-state index in [1.165, 1.54) is 0 Å². The minimum atomic E-state index is -0.204. The van der Waals surface area contributed by atoms with E-state index in [1.54, 1.807) is 0 Å². The van der Waals surface area contributed by atoms with Gasteiger partial charge in [0, 0.05) is 8.28 Å². The molecule has 0 aliphatic carbocycles. The molecule has 1 atom stereocenters. The lowest BCUT2D eigenvalue weighted by Crippen LogP contribution is -1.81. The van der Waals surface area contributed by atoms with Crippen LogP contribution in [0.3, 0.4) is 0 Å². The average molecular weight is 155 g/mol. The van der Waals surface area contributed by atoms with Crippen molar-refractivity contribution in [2.75, 3.05) is 0 Å². The van der Waals surface area contributed by atoms with Crippen molar-refractivity contribution in [2.24, 2.45) is 4.52 Å². The molecule has 0 saturated carbocycles. The molecule has 0 fully saturated rings. The molecule has 2 nitrogen and oxygen atoms in total. The molecule has 0 aliphatic heterocycles. The Bertz CT molecular complexity index is 40.5. The van der Waals surface area contributed by atoms with Crippen molar-refractivity contribution in [3.63, 3.8) is 0 Å². The van der Waals surface area contributed by atoms with Crippen LogP contribution in [0.4, 0.5) is 0 Å². The van der Waals surface area contributed by atoms with Gasteiger partial charge in [-0.2, -0.15) is 0 Å². The smallest absolute Gasteiger partial charge is 0.194 e. The minimum Gasteiger partial charge on any atom is -0.464 e. The maximum atomic E-state index is 4.95. The summed E-state index contributed by atoms with van der Waals surface area (Å²) >= 11 is 0. The molecule has 0 amide bonds. The van der Waals surface area contributed by atoms with Crippen LogP contribution in [0, 0.1) is 0 Å². The molecule has 0 bridgehead atoms. The van der Waals surface area contributed by atoms with Crippen molar-refractivity contribution in [3.8, 4) is 0 Å². The van der Waals surface area contributed by atoms with E-state index in [0.717, 1.165) is 10.5 Å². The molecule has 36 valence electrons. The van der Waals surface area contributed by atoms with Crippen molar-refractivity contribution in [2.45, 2.75) is 0 Å². The first-order chi connectivity index (χ1) is 2.91. The van der Waals surface area contributed by atoms with Crippen LogP contribution in [0.1, 0.15) is 0 Å². The fourth-order valence-corrected chi connectivity index (χ4v) is 2.61. The van der Waals surface area contributed by atoms with Gasteiger partial charge in [-0.15, -0.1) is 0 Å². The van der Waals surface area contributed by atoms with Gasteiger partial charge in [0.25, 0.3) is 0 Å². The van der Waals surface area contributed by atoms with Crippen LogP contribution < -0.4 is 0 Å². The highest BCUT2D eigenvalue weighted by atomic mass is 31.3. The van der Waals surface area contributed by atoms with Gasteiger partial charge in [0.2, 0.25) is 0 Å². The fraction of sp³-hybridized carbons (Fsp3) is 0. The van der Waals surface area contributed by atoms with Gasteiger partial charge in [-0.1, -0.05) is 0 Å². The van der Waals surface area contributed by atoms with Crippen LogP contribution in [0.25, 0.3) is 0 Å². The molecule has 0 aromatic carbocycles. The Labute approximate surface area is 46.5 Å². The molecule has 6 heteroatoms. The van der Waals surface area contributed by atoms with E-state index in [1.807, 2.05) is 0 Å². The maximum absolute atomic E-state index is 4.95. The van der Waals surface area contributed by atoms with Crippen LogP contribution in [0.2, 0.25) is 0 Å². The summed E-state index contributed by atoms with van der Waals surface area (Å²) in [7, 11) is 4.39. The SMILES string of the molecule is [SiH3]O[SiH2]PN=P. The van der Waals surface area contributed by atoms with Crippen LogP contribution >= 0.6 is 17.3 Å². The quantitative estimate of drug-likeness (QED) is 0.297. The summed E-state index contributed by atoms with van der Waals surface area (Å²) in [5, 5.41) is 0. The minimum absolute atomic E-state index is 0.204. The zero-order chi connectivity index (χ0) is 4.83. The lowest BCUT2D eigenvalue weighted by molar-refractivity contribution is 0.684. The van der Waals surface area contributed by atoms with Crippen LogP contribution in [0.5, 0.6) is 0 Å². The second-order valence-corrected chi connectivity index (χ2v) is 6.33. The molecule has 0 aromatic heterocycles. The topological polar surface area (TPSA) is 21.6 Å². The highest BCUT2D eigenvalue weighted by Gasteiger charge is 1.73. The zero-order valence-corrected chi connectivity index (χ0v) is 8.98. The third-order valence-electron chi connectivity index (χ3n) is 0.288. The van der Waals surface area contributed by atoms with Crippen LogP contribution in [-0.4, -0.2) is 19.9 Å². The van der Waals surface area contributed by atoms with Crippen molar-refractivity contribution >= 4 is 37.2 Å². The zero-order valence-electron chi connectivity index (χ0n) is 3.56. The Morgan fingerprint density at radius 3 is 2.83 bits per heavy atom. The highest BCUT2D eigenvalue weighted by molar-refractivity contribution is 7.70. The second-order valence-electron chi connectivity index (χ2n) is 0.703. The molecule has 0 heterocycles. The average Bonchev–Trinajstić information content (AvgIpc) is 1.61. The summed E-state index contributed by atoms with van der Waals surface area (Å²) in [4.78, 5) is 0. The van der Waals surface area contributed by atoms with Crippen molar-refractivity contribution in [3.05, 3.63) is 0 Å². The number of nitrogens with zero attached hydrogens (tertiary/aromatic N) is 1. The Morgan fingerprint density at radius 1 is 2.00 bits per heavy atom. The van der Waals surface area contributed by atoms with Crippen LogP contribution in [0.15, 0.2) is 4.52 Å². The number of hydrogen-bond donors (Lipinski definition) is 0. The number of rotatable bonds is 3. The summed E-state index contributed by atoms with van der Waals surface area (Å²) in [6.45, 7) is 0. The Morgan fingerprint density at radius 2 is 2.67 bits per heavy atom. The third kappa shape index (κ3) is 4.92. The largest absolute Gasteiger partial charge is 0.464 e. The van der Waals surface area contributed by atoms with Gasteiger partial charge in [-0.05, 0) is 9.03 Å². The van der Waals surface area contributed by atoms with E-state index in [9.17, 15) is 0 Å². The molecule has 0 aliphatic rings. The standard InChI is InChI=1S/H7NOP2Si2/c3-1-4-6-2-5/h3-4H,6H2,5H3. The Kier molecular flexibility index (Phi) is 6.84. The lowest BCUT2D eigenvalue weighted by Gasteiger charge is -1.85. The normalized spacial score (nSPS) is 12.7. The van der Waals surface area contributed by atoms with Gasteiger partial charge in [0.1, 0.15) is 10.5 Å². The highest BCUT2D eigenvalue weighted by Crippen LogP contribution is 2.07. The van der Waals surface area contributed by atoms with E-state index >= 15 is 0 Å². The van der Waals surface area contributed by atoms with E-state index in [-0.39, 0.29) is 9.43 Å². The molecule has 0 aromatic rings. The molecule has 0 rings (SSSR count). The van der Waals surface area contributed by atoms with Gasteiger partial charge in [0.15, 0.2) is 9.43 Å². The summed E-state index contributed by atoms with van der Waals surface area (Å²) in [5.41, 5.74) is 0. The molecule has 0 saturated heterocycles. The van der Waals surface area contributed by atoms with E-state index in [0.29, 0.717) is 8.28 Å². The summed E-state index contributed by atoms with van der Waals surface area (Å²) in [6, 6.07) is 0. The molecular formula is H7NOP2Si2. The summed E-state index contributed by atoms with van der Waals surface area (Å²) in [6.07, 6.45) is 0. The van der Waals surface area contributed by atoms with Crippen molar-refractivity contribution in [1.82, 2.24) is 0 Å². The number of hydrogen-bond acceptors (Lipinski definition) is 2. The molecule has 0 N–H and O–H groups in total. The molecular weight excluding hydrogens is 148 g/mol. The van der Waals surface area contributed by atoms with Crippen LogP contribution in [-0.2, 0) is 4.12 Å². The maximum Gasteiger partial charge on any atom is 0.194 e. The first-order valence-electron chi connectivity index (χ1n) is 1.50. The molecule has 0 radical (unpaired) electrons. The Balaban J connectivity index is 2.49. The lowest BCUT2D eigenvalue weighted by atomic mass is 13.9. The second kappa shape index (κ2) is 5.92. The predicted octanol–water partition coefficient (Wildman–Crippen LogP) is -0.798. The van der Waals surface area contributed by atoms with Gasteiger partial charge in [0.05, 0.1) is 0 Å².